The molecule has 0 aromatic carbocycles. The predicted octanol–water partition coefficient (Wildman–Crippen LogP) is 2.80. The van der Waals surface area contributed by atoms with Crippen molar-refractivity contribution in [1.29, 1.82) is 0 Å². The first-order valence-corrected chi connectivity index (χ1v) is 11.4. The molecule has 0 aromatic heterocycles. The highest BCUT2D eigenvalue weighted by Gasteiger charge is 2.33. The highest BCUT2D eigenvalue weighted by atomic mass is 127. The summed E-state index contributed by atoms with van der Waals surface area (Å²) in [6, 6.07) is 0.784. The van der Waals surface area contributed by atoms with E-state index in [1.54, 1.807) is 0 Å². The minimum atomic E-state index is -0.0644. The van der Waals surface area contributed by atoms with Crippen molar-refractivity contribution in [1.82, 2.24) is 15.1 Å². The summed E-state index contributed by atoms with van der Waals surface area (Å²) in [5.74, 6) is 2.76. The minimum Gasteiger partial charge on any atom is -0.396 e. The number of rotatable bonds is 5. The molecule has 0 amide bonds. The molecule has 3 aliphatic rings. The Morgan fingerprint density at radius 1 is 1.10 bits per heavy atom. The van der Waals surface area contributed by atoms with Crippen LogP contribution in [-0.2, 0) is 4.74 Å². The highest BCUT2D eigenvalue weighted by molar-refractivity contribution is 14.0. The van der Waals surface area contributed by atoms with Gasteiger partial charge in [-0.05, 0) is 50.4 Å². The minimum absolute atomic E-state index is 0. The fourth-order valence-electron chi connectivity index (χ4n) is 5.23. The number of aliphatic imine (C=N–C) groups is 1. The summed E-state index contributed by atoms with van der Waals surface area (Å²) in [5.41, 5.74) is -0.0644. The quantitative estimate of drug-likeness (QED) is 0.331. The van der Waals surface area contributed by atoms with Crippen LogP contribution in [0.15, 0.2) is 4.99 Å². The van der Waals surface area contributed by atoms with E-state index in [0.717, 1.165) is 82.6 Å². The Kier molecular flexibility index (Phi) is 10.5. The SMILES string of the molecule is CN=C(NCC1(CO)CCOCC1)N1CCN(C2CCC(C(C)C)CC2)CC1.I. The second-order valence-corrected chi connectivity index (χ2v) is 9.51. The molecular weight excluding hydrogens is 479 g/mol. The fourth-order valence-corrected chi connectivity index (χ4v) is 5.23. The molecule has 3 rings (SSSR count). The number of aliphatic hydroxyl groups is 1. The van der Waals surface area contributed by atoms with Crippen LogP contribution in [0.5, 0.6) is 0 Å². The zero-order valence-electron chi connectivity index (χ0n) is 18.7. The van der Waals surface area contributed by atoms with E-state index in [0.29, 0.717) is 0 Å². The van der Waals surface area contributed by atoms with Crippen LogP contribution in [-0.4, -0.2) is 86.5 Å². The van der Waals surface area contributed by atoms with Crippen LogP contribution >= 0.6 is 24.0 Å². The topological polar surface area (TPSA) is 60.3 Å². The van der Waals surface area contributed by atoms with Gasteiger partial charge in [0.2, 0.25) is 0 Å². The number of nitrogens with zero attached hydrogens (tertiary/aromatic N) is 3. The molecule has 1 aliphatic carbocycles. The van der Waals surface area contributed by atoms with Gasteiger partial charge in [-0.1, -0.05) is 13.8 Å². The van der Waals surface area contributed by atoms with Crippen molar-refractivity contribution < 1.29 is 9.84 Å². The van der Waals surface area contributed by atoms with Crippen LogP contribution in [0.2, 0.25) is 0 Å². The van der Waals surface area contributed by atoms with Gasteiger partial charge in [0.25, 0.3) is 0 Å². The van der Waals surface area contributed by atoms with Crippen LogP contribution < -0.4 is 5.32 Å². The molecule has 2 N–H and O–H groups in total. The van der Waals surface area contributed by atoms with Crippen LogP contribution in [0.1, 0.15) is 52.4 Å². The summed E-state index contributed by atoms with van der Waals surface area (Å²) < 4.78 is 5.48. The number of ether oxygens (including phenoxy) is 1. The van der Waals surface area contributed by atoms with E-state index in [2.05, 4.69) is 34.0 Å². The van der Waals surface area contributed by atoms with Gasteiger partial charge < -0.3 is 20.1 Å². The molecule has 0 unspecified atom stereocenters. The van der Waals surface area contributed by atoms with E-state index >= 15 is 0 Å². The van der Waals surface area contributed by atoms with Crippen molar-refractivity contribution >= 4 is 29.9 Å². The number of halogens is 1. The third-order valence-corrected chi connectivity index (χ3v) is 7.54. The van der Waals surface area contributed by atoms with E-state index < -0.39 is 0 Å². The molecule has 0 bridgehead atoms. The van der Waals surface area contributed by atoms with Crippen molar-refractivity contribution in [3.63, 3.8) is 0 Å². The van der Waals surface area contributed by atoms with Crippen LogP contribution in [0.3, 0.4) is 0 Å². The first kappa shape index (κ1) is 25.1. The molecule has 7 heteroatoms. The molecule has 2 heterocycles. The van der Waals surface area contributed by atoms with Gasteiger partial charge in [0, 0.05) is 64.4 Å². The second kappa shape index (κ2) is 12.1. The molecule has 2 saturated heterocycles. The van der Waals surface area contributed by atoms with Crippen LogP contribution in [0.4, 0.5) is 0 Å². The van der Waals surface area contributed by atoms with Gasteiger partial charge in [-0.3, -0.25) is 9.89 Å². The average Bonchev–Trinajstić information content (AvgIpc) is 2.75. The Bertz CT molecular complexity index is 495. The number of hydrogen-bond donors (Lipinski definition) is 2. The average molecular weight is 523 g/mol. The molecular formula is C22H43IN4O2. The molecule has 0 atom stereocenters. The third kappa shape index (κ3) is 6.68. The predicted molar refractivity (Wildman–Crippen MR) is 130 cm³/mol. The maximum Gasteiger partial charge on any atom is 0.193 e. The van der Waals surface area contributed by atoms with Crippen molar-refractivity contribution in [3.8, 4) is 0 Å². The maximum absolute atomic E-state index is 9.91. The summed E-state index contributed by atoms with van der Waals surface area (Å²) in [5, 5.41) is 13.5. The number of guanidine groups is 1. The Balaban J connectivity index is 0.00000300. The zero-order chi connectivity index (χ0) is 20.0. The summed E-state index contributed by atoms with van der Waals surface area (Å²) in [4.78, 5) is 9.63. The number of hydrogen-bond acceptors (Lipinski definition) is 4. The Morgan fingerprint density at radius 3 is 2.24 bits per heavy atom. The lowest BCUT2D eigenvalue weighted by Crippen LogP contribution is -2.56. The van der Waals surface area contributed by atoms with Crippen LogP contribution in [0.25, 0.3) is 0 Å². The smallest absolute Gasteiger partial charge is 0.193 e. The fraction of sp³-hybridized carbons (Fsp3) is 0.955. The first-order valence-electron chi connectivity index (χ1n) is 11.4. The number of piperazine rings is 1. The van der Waals surface area contributed by atoms with Gasteiger partial charge in [-0.15, -0.1) is 24.0 Å². The molecule has 170 valence electrons. The monoisotopic (exact) mass is 522 g/mol. The van der Waals surface area contributed by atoms with Crippen LogP contribution in [0, 0.1) is 17.3 Å². The molecule has 6 nitrogen and oxygen atoms in total. The van der Waals surface area contributed by atoms with Gasteiger partial charge in [0.05, 0.1) is 6.61 Å². The molecule has 0 aromatic rings. The van der Waals surface area contributed by atoms with E-state index in [1.165, 1.54) is 25.7 Å². The highest BCUT2D eigenvalue weighted by Crippen LogP contribution is 2.32. The lowest BCUT2D eigenvalue weighted by Gasteiger charge is -2.43. The van der Waals surface area contributed by atoms with Crippen molar-refractivity contribution in [2.24, 2.45) is 22.2 Å². The molecule has 0 radical (unpaired) electrons. The summed E-state index contributed by atoms with van der Waals surface area (Å²) in [6.07, 6.45) is 7.38. The summed E-state index contributed by atoms with van der Waals surface area (Å²) >= 11 is 0. The molecule has 1 saturated carbocycles. The van der Waals surface area contributed by atoms with Gasteiger partial charge in [-0.2, -0.15) is 0 Å². The lowest BCUT2D eigenvalue weighted by atomic mass is 9.79. The molecule has 29 heavy (non-hydrogen) atoms. The Hall–Kier alpha value is -0.120. The summed E-state index contributed by atoms with van der Waals surface area (Å²) in [7, 11) is 1.87. The van der Waals surface area contributed by atoms with E-state index in [-0.39, 0.29) is 36.0 Å². The standard InChI is InChI=1S/C22H42N4O2.HI/c1-18(2)19-4-6-20(7-5-19)25-10-12-26(13-11-25)21(23-3)24-16-22(17-27)8-14-28-15-9-22;/h18-20,27H,4-17H2,1-3H3,(H,23,24);1H. The molecule has 3 fully saturated rings. The number of nitrogens with one attached hydrogen (secondary N) is 1. The van der Waals surface area contributed by atoms with Gasteiger partial charge >= 0.3 is 0 Å². The Morgan fingerprint density at radius 2 is 1.72 bits per heavy atom. The first-order chi connectivity index (χ1) is 13.6. The zero-order valence-corrected chi connectivity index (χ0v) is 21.1. The lowest BCUT2D eigenvalue weighted by molar-refractivity contribution is -0.0135. The maximum atomic E-state index is 9.91. The second-order valence-electron chi connectivity index (χ2n) is 9.51. The van der Waals surface area contributed by atoms with Gasteiger partial charge in [-0.25, -0.2) is 0 Å². The normalized spacial score (nSPS) is 28.9. The van der Waals surface area contributed by atoms with E-state index in [4.69, 9.17) is 4.74 Å². The van der Waals surface area contributed by atoms with E-state index in [9.17, 15) is 5.11 Å². The number of aliphatic hydroxyl groups excluding tert-OH is 1. The van der Waals surface area contributed by atoms with Crippen molar-refractivity contribution in [2.75, 3.05) is 59.6 Å². The van der Waals surface area contributed by atoms with Gasteiger partial charge in [0.1, 0.15) is 0 Å². The van der Waals surface area contributed by atoms with Crippen molar-refractivity contribution in [3.05, 3.63) is 0 Å². The third-order valence-electron chi connectivity index (χ3n) is 7.54. The molecule has 0 spiro atoms. The van der Waals surface area contributed by atoms with Gasteiger partial charge in [0.15, 0.2) is 5.96 Å². The van der Waals surface area contributed by atoms with Crippen molar-refractivity contribution in [2.45, 2.75) is 58.4 Å². The Labute approximate surface area is 194 Å². The molecule has 2 aliphatic heterocycles. The largest absolute Gasteiger partial charge is 0.396 e. The summed E-state index contributed by atoms with van der Waals surface area (Å²) in [6.45, 7) is 11.6. The van der Waals surface area contributed by atoms with E-state index in [1.807, 2.05) is 7.05 Å².